The molecule has 0 spiro atoms. The smallest absolute Gasteiger partial charge is 0.410 e. The molecule has 0 aliphatic carbocycles. The van der Waals surface area contributed by atoms with E-state index in [0.29, 0.717) is 0 Å². The van der Waals surface area contributed by atoms with Gasteiger partial charge < -0.3 is 14.4 Å². The quantitative estimate of drug-likeness (QED) is 0.782. The highest BCUT2D eigenvalue weighted by molar-refractivity contribution is 9.10. The van der Waals surface area contributed by atoms with Crippen LogP contribution in [0.4, 0.5) is 4.79 Å². The van der Waals surface area contributed by atoms with Crippen LogP contribution >= 0.6 is 15.9 Å². The number of nitrogens with zero attached hydrogens (tertiary/aromatic N) is 1. The zero-order valence-electron chi connectivity index (χ0n) is 13.0. The lowest BCUT2D eigenvalue weighted by Gasteiger charge is -2.29. The Morgan fingerprint density at radius 3 is 2.71 bits per heavy atom. The molecule has 1 aliphatic rings. The van der Waals surface area contributed by atoms with Gasteiger partial charge >= 0.3 is 6.09 Å². The zero-order chi connectivity index (χ0) is 15.6. The highest BCUT2D eigenvalue weighted by Crippen LogP contribution is 2.38. The fourth-order valence-corrected chi connectivity index (χ4v) is 2.93. The van der Waals surface area contributed by atoms with Crippen LogP contribution in [0.5, 0.6) is 5.75 Å². The average Bonchev–Trinajstić information content (AvgIpc) is 2.85. The molecule has 1 aliphatic heterocycles. The maximum Gasteiger partial charge on any atom is 0.410 e. The van der Waals surface area contributed by atoms with E-state index in [1.807, 2.05) is 39.0 Å². The third-order valence-electron chi connectivity index (χ3n) is 3.44. The van der Waals surface area contributed by atoms with Crippen molar-refractivity contribution in [1.82, 2.24) is 4.90 Å². The van der Waals surface area contributed by atoms with Crippen LogP contribution in [0.3, 0.4) is 0 Å². The molecular formula is C16H22BrNO3. The summed E-state index contributed by atoms with van der Waals surface area (Å²) in [6.45, 7) is 6.38. The summed E-state index contributed by atoms with van der Waals surface area (Å²) in [4.78, 5) is 14.2. The number of amides is 1. The molecule has 0 bridgehead atoms. The highest BCUT2D eigenvalue weighted by Gasteiger charge is 2.34. The third kappa shape index (κ3) is 3.90. The van der Waals surface area contributed by atoms with Gasteiger partial charge in [-0.1, -0.05) is 22.0 Å². The van der Waals surface area contributed by atoms with E-state index in [1.54, 1.807) is 12.0 Å². The number of methoxy groups -OCH3 is 1. The third-order valence-corrected chi connectivity index (χ3v) is 3.93. The minimum Gasteiger partial charge on any atom is -0.496 e. The summed E-state index contributed by atoms with van der Waals surface area (Å²) in [6, 6.07) is 5.93. The van der Waals surface area contributed by atoms with Gasteiger partial charge in [0.1, 0.15) is 11.4 Å². The van der Waals surface area contributed by atoms with E-state index in [4.69, 9.17) is 9.47 Å². The Kier molecular flexibility index (Phi) is 4.81. The van der Waals surface area contributed by atoms with E-state index in [0.717, 1.165) is 35.2 Å². The summed E-state index contributed by atoms with van der Waals surface area (Å²) in [6.07, 6.45) is 1.65. The number of benzene rings is 1. The first kappa shape index (κ1) is 16.1. The van der Waals surface area contributed by atoms with Crippen molar-refractivity contribution in [3.8, 4) is 5.75 Å². The van der Waals surface area contributed by atoms with Gasteiger partial charge in [0.25, 0.3) is 0 Å². The van der Waals surface area contributed by atoms with Crippen molar-refractivity contribution in [1.29, 1.82) is 0 Å². The summed E-state index contributed by atoms with van der Waals surface area (Å²) in [5.41, 5.74) is 0.553. The summed E-state index contributed by atoms with van der Waals surface area (Å²) in [5.74, 6) is 0.796. The van der Waals surface area contributed by atoms with Crippen LogP contribution < -0.4 is 4.74 Å². The maximum atomic E-state index is 12.4. The Hall–Kier alpha value is -1.23. The molecule has 1 fully saturated rings. The second kappa shape index (κ2) is 6.26. The first-order valence-corrected chi connectivity index (χ1v) is 7.94. The predicted octanol–water partition coefficient (Wildman–Crippen LogP) is 4.53. The van der Waals surface area contributed by atoms with Gasteiger partial charge in [0.05, 0.1) is 13.2 Å². The van der Waals surface area contributed by atoms with Gasteiger partial charge in [-0.3, -0.25) is 0 Å². The monoisotopic (exact) mass is 355 g/mol. The molecule has 4 nitrogen and oxygen atoms in total. The molecule has 1 aromatic carbocycles. The molecule has 1 heterocycles. The Bertz CT molecular complexity index is 525. The van der Waals surface area contributed by atoms with Gasteiger partial charge in [-0.2, -0.15) is 0 Å². The number of hydrogen-bond acceptors (Lipinski definition) is 3. The van der Waals surface area contributed by atoms with Crippen LogP contribution in [0.15, 0.2) is 22.7 Å². The lowest BCUT2D eigenvalue weighted by atomic mass is 10.0. The van der Waals surface area contributed by atoms with Gasteiger partial charge in [-0.05, 0) is 45.7 Å². The largest absolute Gasteiger partial charge is 0.496 e. The number of carbonyl (C=O) groups excluding carboxylic acids is 1. The fraction of sp³-hybridized carbons (Fsp3) is 0.562. The topological polar surface area (TPSA) is 38.8 Å². The van der Waals surface area contributed by atoms with Crippen molar-refractivity contribution in [2.45, 2.75) is 45.3 Å². The van der Waals surface area contributed by atoms with Crippen LogP contribution in [0.2, 0.25) is 0 Å². The predicted molar refractivity (Wildman–Crippen MR) is 85.6 cm³/mol. The summed E-state index contributed by atoms with van der Waals surface area (Å²) in [5, 5.41) is 0. The van der Waals surface area contributed by atoms with E-state index in [2.05, 4.69) is 15.9 Å². The van der Waals surface area contributed by atoms with E-state index >= 15 is 0 Å². The van der Waals surface area contributed by atoms with Gasteiger partial charge in [0.15, 0.2) is 0 Å². The van der Waals surface area contributed by atoms with E-state index in [1.165, 1.54) is 0 Å². The minimum absolute atomic E-state index is 0.0166. The molecule has 0 unspecified atom stereocenters. The number of likely N-dealkylation sites (tertiary alicyclic amines) is 1. The molecule has 0 radical (unpaired) electrons. The van der Waals surface area contributed by atoms with Gasteiger partial charge in [0, 0.05) is 16.6 Å². The lowest BCUT2D eigenvalue weighted by molar-refractivity contribution is 0.0223. The van der Waals surface area contributed by atoms with Gasteiger partial charge in [0.2, 0.25) is 0 Å². The molecular weight excluding hydrogens is 334 g/mol. The van der Waals surface area contributed by atoms with Crippen molar-refractivity contribution >= 4 is 22.0 Å². The van der Waals surface area contributed by atoms with Crippen molar-refractivity contribution in [2.75, 3.05) is 13.7 Å². The van der Waals surface area contributed by atoms with Crippen LogP contribution in [0, 0.1) is 0 Å². The minimum atomic E-state index is -0.478. The van der Waals surface area contributed by atoms with Crippen LogP contribution in [0.25, 0.3) is 0 Å². The van der Waals surface area contributed by atoms with Crippen LogP contribution in [-0.4, -0.2) is 30.2 Å². The molecule has 0 saturated carbocycles. The summed E-state index contributed by atoms with van der Waals surface area (Å²) < 4.78 is 11.9. The normalized spacial score (nSPS) is 18.7. The second-order valence-corrected chi connectivity index (χ2v) is 7.13. The molecule has 2 rings (SSSR count). The van der Waals surface area contributed by atoms with Gasteiger partial charge in [-0.25, -0.2) is 4.79 Å². The van der Waals surface area contributed by atoms with E-state index < -0.39 is 5.60 Å². The second-order valence-electron chi connectivity index (χ2n) is 6.22. The van der Waals surface area contributed by atoms with Crippen molar-refractivity contribution in [3.05, 3.63) is 28.2 Å². The summed E-state index contributed by atoms with van der Waals surface area (Å²) in [7, 11) is 1.65. The molecule has 0 aromatic heterocycles. The molecule has 1 saturated heterocycles. The number of ether oxygens (including phenoxy) is 2. The molecule has 1 atom stereocenters. The Morgan fingerprint density at radius 1 is 1.38 bits per heavy atom. The first-order valence-electron chi connectivity index (χ1n) is 7.15. The Balaban J connectivity index is 2.24. The molecule has 116 valence electrons. The Labute approximate surface area is 134 Å². The average molecular weight is 356 g/mol. The summed E-state index contributed by atoms with van der Waals surface area (Å²) >= 11 is 3.44. The number of rotatable bonds is 2. The Morgan fingerprint density at radius 2 is 2.10 bits per heavy atom. The van der Waals surface area contributed by atoms with E-state index in [9.17, 15) is 4.79 Å². The number of halogens is 1. The molecule has 5 heteroatoms. The highest BCUT2D eigenvalue weighted by atomic mass is 79.9. The molecule has 21 heavy (non-hydrogen) atoms. The maximum absolute atomic E-state index is 12.4. The van der Waals surface area contributed by atoms with Gasteiger partial charge in [-0.15, -0.1) is 0 Å². The fourth-order valence-electron chi connectivity index (χ4n) is 2.59. The molecule has 0 N–H and O–H groups in total. The van der Waals surface area contributed by atoms with Crippen molar-refractivity contribution < 1.29 is 14.3 Å². The SMILES string of the molecule is COc1cc(Br)ccc1[C@H]1CCCN1C(=O)OC(C)(C)C. The van der Waals surface area contributed by atoms with E-state index in [-0.39, 0.29) is 12.1 Å². The number of carbonyl (C=O) groups is 1. The van der Waals surface area contributed by atoms with Crippen LogP contribution in [0.1, 0.15) is 45.2 Å². The first-order chi connectivity index (χ1) is 9.81. The lowest BCUT2D eigenvalue weighted by Crippen LogP contribution is -2.36. The van der Waals surface area contributed by atoms with Crippen LogP contribution in [-0.2, 0) is 4.74 Å². The van der Waals surface area contributed by atoms with Crippen molar-refractivity contribution in [3.63, 3.8) is 0 Å². The standard InChI is InChI=1S/C16H22BrNO3/c1-16(2,3)21-15(19)18-9-5-6-13(18)12-8-7-11(17)10-14(12)20-4/h7-8,10,13H,5-6,9H2,1-4H3/t13-/m1/s1. The molecule has 1 amide bonds. The number of hydrogen-bond donors (Lipinski definition) is 0. The van der Waals surface area contributed by atoms with Crippen molar-refractivity contribution in [2.24, 2.45) is 0 Å². The molecule has 1 aromatic rings. The zero-order valence-corrected chi connectivity index (χ0v) is 14.6.